The zero-order chi connectivity index (χ0) is 15.4. The van der Waals surface area contributed by atoms with E-state index in [1.807, 2.05) is 36.5 Å². The van der Waals surface area contributed by atoms with Crippen LogP contribution in [0.3, 0.4) is 0 Å². The molecule has 2 amide bonds. The second kappa shape index (κ2) is 6.64. The van der Waals surface area contributed by atoms with Crippen molar-refractivity contribution in [2.75, 3.05) is 5.32 Å². The molecule has 116 valence electrons. The van der Waals surface area contributed by atoms with Crippen LogP contribution in [0.2, 0.25) is 0 Å². The maximum atomic E-state index is 12.3. The number of aromatic nitrogens is 2. The minimum atomic E-state index is -0.140. The van der Waals surface area contributed by atoms with Crippen molar-refractivity contribution in [1.82, 2.24) is 15.1 Å². The van der Waals surface area contributed by atoms with Gasteiger partial charge in [0.25, 0.3) is 0 Å². The molecule has 0 unspecified atom stereocenters. The van der Waals surface area contributed by atoms with E-state index in [-0.39, 0.29) is 12.1 Å². The summed E-state index contributed by atoms with van der Waals surface area (Å²) in [5, 5.41) is 10.3. The Bertz CT molecular complexity index is 623. The van der Waals surface area contributed by atoms with Crippen LogP contribution in [0.15, 0.2) is 42.7 Å². The van der Waals surface area contributed by atoms with Crippen LogP contribution in [0.25, 0.3) is 5.69 Å². The number of rotatable bonds is 3. The average Bonchev–Trinajstić information content (AvgIpc) is 3.04. The van der Waals surface area contributed by atoms with E-state index in [0.29, 0.717) is 5.92 Å². The molecular weight excluding hydrogens is 276 g/mol. The maximum absolute atomic E-state index is 12.3. The second-order valence-corrected chi connectivity index (χ2v) is 5.93. The number of nitrogens with zero attached hydrogens (tertiary/aromatic N) is 2. The van der Waals surface area contributed by atoms with Gasteiger partial charge in [-0.15, -0.1) is 0 Å². The van der Waals surface area contributed by atoms with E-state index in [9.17, 15) is 4.79 Å². The average molecular weight is 298 g/mol. The molecule has 1 aliphatic carbocycles. The highest BCUT2D eigenvalue weighted by Crippen LogP contribution is 2.24. The highest BCUT2D eigenvalue weighted by molar-refractivity contribution is 5.91. The summed E-state index contributed by atoms with van der Waals surface area (Å²) >= 11 is 0. The van der Waals surface area contributed by atoms with Gasteiger partial charge >= 0.3 is 6.03 Å². The van der Waals surface area contributed by atoms with Gasteiger partial charge in [-0.3, -0.25) is 0 Å². The van der Waals surface area contributed by atoms with E-state index in [1.165, 1.54) is 19.3 Å². The highest BCUT2D eigenvalue weighted by atomic mass is 16.2. The van der Waals surface area contributed by atoms with Crippen molar-refractivity contribution in [3.63, 3.8) is 0 Å². The van der Waals surface area contributed by atoms with Gasteiger partial charge in [0.1, 0.15) is 0 Å². The van der Waals surface area contributed by atoms with Crippen LogP contribution < -0.4 is 10.6 Å². The lowest BCUT2D eigenvalue weighted by molar-refractivity contribution is 0.232. The Morgan fingerprint density at radius 2 is 2.05 bits per heavy atom. The van der Waals surface area contributed by atoms with Gasteiger partial charge in [0.2, 0.25) is 0 Å². The molecule has 1 aliphatic rings. The summed E-state index contributed by atoms with van der Waals surface area (Å²) in [5.41, 5.74) is 1.62. The van der Waals surface area contributed by atoms with Gasteiger partial charge in [-0.25, -0.2) is 9.48 Å². The first kappa shape index (κ1) is 14.6. The predicted octanol–water partition coefficient (Wildman–Crippen LogP) is 3.57. The van der Waals surface area contributed by atoms with E-state index >= 15 is 0 Å². The fraction of sp³-hybridized carbons (Fsp3) is 0.412. The minimum Gasteiger partial charge on any atom is -0.335 e. The van der Waals surface area contributed by atoms with Crippen molar-refractivity contribution in [2.24, 2.45) is 5.92 Å². The molecule has 1 aromatic carbocycles. The predicted molar refractivity (Wildman–Crippen MR) is 87.1 cm³/mol. The van der Waals surface area contributed by atoms with Gasteiger partial charge in [-0.05, 0) is 37.0 Å². The Hall–Kier alpha value is -2.30. The Labute approximate surface area is 130 Å². The number of anilines is 1. The summed E-state index contributed by atoms with van der Waals surface area (Å²) in [4.78, 5) is 12.3. The molecule has 0 radical (unpaired) electrons. The molecule has 0 spiro atoms. The molecular formula is C17H22N4O. The summed E-state index contributed by atoms with van der Waals surface area (Å²) < 4.78 is 1.75. The van der Waals surface area contributed by atoms with Crippen molar-refractivity contribution < 1.29 is 4.79 Å². The first-order valence-corrected chi connectivity index (χ1v) is 7.90. The van der Waals surface area contributed by atoms with Gasteiger partial charge in [-0.1, -0.05) is 31.9 Å². The molecule has 2 atom stereocenters. The number of hydrogen-bond acceptors (Lipinski definition) is 2. The first-order valence-electron chi connectivity index (χ1n) is 7.90. The van der Waals surface area contributed by atoms with Crippen molar-refractivity contribution in [2.45, 2.75) is 38.6 Å². The van der Waals surface area contributed by atoms with Gasteiger partial charge in [0.05, 0.1) is 11.4 Å². The van der Waals surface area contributed by atoms with Crippen molar-refractivity contribution >= 4 is 11.7 Å². The van der Waals surface area contributed by atoms with Crippen molar-refractivity contribution in [3.05, 3.63) is 42.7 Å². The molecule has 0 saturated heterocycles. The van der Waals surface area contributed by atoms with Crippen LogP contribution in [-0.4, -0.2) is 21.9 Å². The first-order chi connectivity index (χ1) is 10.7. The summed E-state index contributed by atoms with van der Waals surface area (Å²) in [5.74, 6) is 0.542. The van der Waals surface area contributed by atoms with Gasteiger partial charge in [0, 0.05) is 18.4 Å². The van der Waals surface area contributed by atoms with Crippen molar-refractivity contribution in [3.8, 4) is 5.69 Å². The van der Waals surface area contributed by atoms with Crippen LogP contribution in [0.1, 0.15) is 32.6 Å². The molecule has 0 aliphatic heterocycles. The minimum absolute atomic E-state index is 0.140. The molecule has 5 heteroatoms. The van der Waals surface area contributed by atoms with E-state index < -0.39 is 0 Å². The third-order valence-corrected chi connectivity index (χ3v) is 4.33. The zero-order valence-electron chi connectivity index (χ0n) is 12.8. The molecule has 1 saturated carbocycles. The summed E-state index contributed by atoms with van der Waals surface area (Å²) in [6.45, 7) is 2.21. The number of hydrogen-bond donors (Lipinski definition) is 2. The van der Waals surface area contributed by atoms with Gasteiger partial charge < -0.3 is 10.6 Å². The highest BCUT2D eigenvalue weighted by Gasteiger charge is 2.23. The topological polar surface area (TPSA) is 59.0 Å². The molecule has 1 fully saturated rings. The lowest BCUT2D eigenvalue weighted by atomic mass is 9.86. The number of carbonyl (C=O) groups excluding carboxylic acids is 1. The lowest BCUT2D eigenvalue weighted by Crippen LogP contribution is -2.43. The van der Waals surface area contributed by atoms with E-state index in [4.69, 9.17) is 0 Å². The number of urea groups is 1. The van der Waals surface area contributed by atoms with Gasteiger partial charge in [-0.2, -0.15) is 5.10 Å². The summed E-state index contributed by atoms with van der Waals surface area (Å²) in [7, 11) is 0. The third kappa shape index (κ3) is 3.30. The molecule has 2 aromatic rings. The van der Waals surface area contributed by atoms with Crippen LogP contribution in [0.4, 0.5) is 10.5 Å². The normalized spacial score (nSPS) is 21.3. The number of carbonyl (C=O) groups is 1. The summed E-state index contributed by atoms with van der Waals surface area (Å²) in [6.07, 6.45) is 8.30. The number of benzene rings is 1. The number of amides is 2. The zero-order valence-corrected chi connectivity index (χ0v) is 12.8. The Kier molecular flexibility index (Phi) is 4.42. The van der Waals surface area contributed by atoms with E-state index in [1.54, 1.807) is 10.9 Å². The Balaban J connectivity index is 1.69. The standard InChI is InChI=1S/C17H22N4O/c1-13-7-2-3-8-14(13)19-17(22)20-15-9-4-5-10-16(15)21-12-6-11-18-21/h4-6,9-14H,2-3,7-8H2,1H3,(H2,19,20,22)/t13-,14-/m0/s1. The van der Waals surface area contributed by atoms with E-state index in [0.717, 1.165) is 17.8 Å². The fourth-order valence-corrected chi connectivity index (χ4v) is 3.05. The molecule has 1 heterocycles. The molecule has 0 bridgehead atoms. The van der Waals surface area contributed by atoms with Crippen LogP contribution in [0.5, 0.6) is 0 Å². The molecule has 1 aromatic heterocycles. The Morgan fingerprint density at radius 3 is 2.82 bits per heavy atom. The van der Waals surface area contributed by atoms with Gasteiger partial charge in [0.15, 0.2) is 0 Å². The third-order valence-electron chi connectivity index (χ3n) is 4.33. The molecule has 22 heavy (non-hydrogen) atoms. The smallest absolute Gasteiger partial charge is 0.319 e. The summed E-state index contributed by atoms with van der Waals surface area (Å²) in [6, 6.07) is 9.66. The SMILES string of the molecule is C[C@H]1CCCC[C@@H]1NC(=O)Nc1ccccc1-n1cccn1. The lowest BCUT2D eigenvalue weighted by Gasteiger charge is -2.29. The molecule has 2 N–H and O–H groups in total. The van der Waals surface area contributed by atoms with Crippen molar-refractivity contribution in [1.29, 1.82) is 0 Å². The number of nitrogens with one attached hydrogen (secondary N) is 2. The quantitative estimate of drug-likeness (QED) is 0.910. The number of para-hydroxylation sites is 2. The Morgan fingerprint density at radius 1 is 1.23 bits per heavy atom. The van der Waals surface area contributed by atoms with E-state index in [2.05, 4.69) is 22.7 Å². The molecule has 3 rings (SSSR count). The fourth-order valence-electron chi connectivity index (χ4n) is 3.05. The maximum Gasteiger partial charge on any atom is 0.319 e. The second-order valence-electron chi connectivity index (χ2n) is 5.93. The van der Waals surface area contributed by atoms with Crippen LogP contribution in [0, 0.1) is 5.92 Å². The largest absolute Gasteiger partial charge is 0.335 e. The van der Waals surface area contributed by atoms with Crippen LogP contribution in [-0.2, 0) is 0 Å². The monoisotopic (exact) mass is 298 g/mol. The van der Waals surface area contributed by atoms with Crippen LogP contribution >= 0.6 is 0 Å². The molecule has 5 nitrogen and oxygen atoms in total.